The first-order valence-corrected chi connectivity index (χ1v) is 5.57. The topological polar surface area (TPSA) is 94.3 Å². The van der Waals surface area contributed by atoms with Gasteiger partial charge >= 0.3 is 0 Å². The minimum Gasteiger partial charge on any atom is -0.372 e. The highest BCUT2D eigenvalue weighted by atomic mass is 15.2. The monoisotopic (exact) mass is 243 g/mol. The van der Waals surface area contributed by atoms with Crippen LogP contribution in [0.25, 0.3) is 11.0 Å². The molecule has 3 heterocycles. The second-order valence-electron chi connectivity index (χ2n) is 3.97. The summed E-state index contributed by atoms with van der Waals surface area (Å²) in [6, 6.07) is 2.02. The van der Waals surface area contributed by atoms with E-state index in [1.54, 1.807) is 12.4 Å². The van der Waals surface area contributed by atoms with Gasteiger partial charge in [0.15, 0.2) is 0 Å². The van der Waals surface area contributed by atoms with Crippen molar-refractivity contribution >= 4 is 28.5 Å². The van der Waals surface area contributed by atoms with E-state index in [4.69, 9.17) is 0 Å². The summed E-state index contributed by atoms with van der Waals surface area (Å²) in [5, 5.41) is 13.7. The average Bonchev–Trinajstić information content (AvgIpc) is 2.96. The van der Waals surface area contributed by atoms with E-state index in [9.17, 15) is 0 Å². The number of rotatable bonds is 3. The molecule has 0 amide bonds. The lowest BCUT2D eigenvalue weighted by atomic mass is 10.3. The van der Waals surface area contributed by atoms with E-state index >= 15 is 0 Å². The largest absolute Gasteiger partial charge is 0.372 e. The van der Waals surface area contributed by atoms with Gasteiger partial charge in [-0.15, -0.1) is 0 Å². The molecule has 0 aliphatic heterocycles. The molecule has 0 aliphatic carbocycles. The van der Waals surface area contributed by atoms with Gasteiger partial charge in [0.05, 0.1) is 17.3 Å². The van der Waals surface area contributed by atoms with Gasteiger partial charge in [-0.2, -0.15) is 15.1 Å². The fraction of sp³-hybridized carbons (Fsp3) is 0.182. The van der Waals surface area contributed by atoms with Crippen molar-refractivity contribution < 1.29 is 0 Å². The van der Waals surface area contributed by atoms with Crippen LogP contribution in [0.4, 0.5) is 17.5 Å². The molecule has 0 bridgehead atoms. The molecule has 0 aliphatic rings. The van der Waals surface area contributed by atoms with Crippen LogP contribution in [0, 0.1) is 6.92 Å². The Morgan fingerprint density at radius 2 is 2.17 bits per heavy atom. The first kappa shape index (κ1) is 10.6. The number of H-pyrrole nitrogens is 2. The van der Waals surface area contributed by atoms with Crippen molar-refractivity contribution in [3.8, 4) is 0 Å². The normalized spacial score (nSPS) is 10.8. The molecule has 0 atom stereocenters. The molecule has 0 saturated carbocycles. The number of anilines is 3. The summed E-state index contributed by atoms with van der Waals surface area (Å²) in [6.07, 6.45) is 3.42. The van der Waals surface area contributed by atoms with Gasteiger partial charge in [-0.25, -0.2) is 0 Å². The Hall–Kier alpha value is -2.57. The van der Waals surface area contributed by atoms with E-state index in [2.05, 4.69) is 35.8 Å². The molecule has 3 aromatic heterocycles. The zero-order chi connectivity index (χ0) is 12.5. The van der Waals surface area contributed by atoms with Crippen molar-refractivity contribution in [3.63, 3.8) is 0 Å². The van der Waals surface area contributed by atoms with Crippen LogP contribution in [0.15, 0.2) is 18.5 Å². The third-order valence-corrected chi connectivity index (χ3v) is 2.61. The van der Waals surface area contributed by atoms with E-state index in [1.807, 2.05) is 20.0 Å². The van der Waals surface area contributed by atoms with Gasteiger partial charge < -0.3 is 15.6 Å². The number of nitrogens with one attached hydrogen (secondary N) is 4. The number of aromatic amines is 2. The van der Waals surface area contributed by atoms with Crippen molar-refractivity contribution in [1.29, 1.82) is 0 Å². The van der Waals surface area contributed by atoms with Crippen molar-refractivity contribution in [2.75, 3.05) is 17.7 Å². The fourth-order valence-electron chi connectivity index (χ4n) is 1.84. The van der Waals surface area contributed by atoms with E-state index in [0.717, 1.165) is 28.2 Å². The number of hydrogen-bond donors (Lipinski definition) is 4. The molecule has 3 aromatic rings. The van der Waals surface area contributed by atoms with Gasteiger partial charge in [-0.3, -0.25) is 5.10 Å². The van der Waals surface area contributed by atoms with Gasteiger partial charge in [-0.05, 0) is 13.0 Å². The maximum absolute atomic E-state index is 4.42. The number of nitrogens with zero attached hydrogens (tertiary/aromatic N) is 3. The van der Waals surface area contributed by atoms with Crippen molar-refractivity contribution in [1.82, 2.24) is 25.1 Å². The van der Waals surface area contributed by atoms with Gasteiger partial charge in [0.2, 0.25) is 5.95 Å². The van der Waals surface area contributed by atoms with E-state index in [0.29, 0.717) is 5.95 Å². The van der Waals surface area contributed by atoms with Crippen LogP contribution in [0.2, 0.25) is 0 Å². The SMILES string of the molecule is CNc1nc(Nc2cn[nH]c2)nc2[nH]c(C)cc12. The zero-order valence-corrected chi connectivity index (χ0v) is 10.1. The molecule has 0 aromatic carbocycles. The Morgan fingerprint density at radius 3 is 2.89 bits per heavy atom. The molecule has 4 N–H and O–H groups in total. The zero-order valence-electron chi connectivity index (χ0n) is 10.1. The fourth-order valence-corrected chi connectivity index (χ4v) is 1.84. The molecular formula is C11H13N7. The smallest absolute Gasteiger partial charge is 0.231 e. The summed E-state index contributed by atoms with van der Waals surface area (Å²) < 4.78 is 0. The van der Waals surface area contributed by atoms with Crippen LogP contribution in [0.1, 0.15) is 5.69 Å². The molecule has 92 valence electrons. The van der Waals surface area contributed by atoms with Crippen molar-refractivity contribution in [2.24, 2.45) is 0 Å². The van der Waals surface area contributed by atoms with Gasteiger partial charge in [0.25, 0.3) is 0 Å². The average molecular weight is 243 g/mol. The lowest BCUT2D eigenvalue weighted by Crippen LogP contribution is -2.01. The van der Waals surface area contributed by atoms with Crippen molar-refractivity contribution in [3.05, 3.63) is 24.2 Å². The highest BCUT2D eigenvalue weighted by Crippen LogP contribution is 2.23. The number of aryl methyl sites for hydroxylation is 1. The minimum atomic E-state index is 0.523. The number of aromatic nitrogens is 5. The lowest BCUT2D eigenvalue weighted by Gasteiger charge is -2.05. The third kappa shape index (κ3) is 1.75. The highest BCUT2D eigenvalue weighted by Gasteiger charge is 2.09. The third-order valence-electron chi connectivity index (χ3n) is 2.61. The first-order valence-electron chi connectivity index (χ1n) is 5.57. The van der Waals surface area contributed by atoms with Crippen LogP contribution in [-0.4, -0.2) is 32.2 Å². The highest BCUT2D eigenvalue weighted by molar-refractivity contribution is 5.89. The van der Waals surface area contributed by atoms with Crippen LogP contribution < -0.4 is 10.6 Å². The summed E-state index contributed by atoms with van der Waals surface area (Å²) in [4.78, 5) is 12.0. The van der Waals surface area contributed by atoms with E-state index in [-0.39, 0.29) is 0 Å². The lowest BCUT2D eigenvalue weighted by molar-refractivity contribution is 1.09. The minimum absolute atomic E-state index is 0.523. The van der Waals surface area contributed by atoms with Crippen LogP contribution in [-0.2, 0) is 0 Å². The molecule has 0 radical (unpaired) electrons. The number of hydrogen-bond acceptors (Lipinski definition) is 5. The molecule has 7 nitrogen and oxygen atoms in total. The maximum Gasteiger partial charge on any atom is 0.231 e. The Kier molecular flexibility index (Phi) is 2.36. The first-order chi connectivity index (χ1) is 8.76. The summed E-state index contributed by atoms with van der Waals surface area (Å²) in [6.45, 7) is 1.99. The number of fused-ring (bicyclic) bond motifs is 1. The van der Waals surface area contributed by atoms with Crippen LogP contribution >= 0.6 is 0 Å². The maximum atomic E-state index is 4.42. The molecule has 0 spiro atoms. The molecule has 3 rings (SSSR count). The Morgan fingerprint density at radius 1 is 1.28 bits per heavy atom. The predicted molar refractivity (Wildman–Crippen MR) is 70.0 cm³/mol. The molecule has 18 heavy (non-hydrogen) atoms. The Bertz CT molecular complexity index is 668. The second-order valence-corrected chi connectivity index (χ2v) is 3.97. The van der Waals surface area contributed by atoms with Crippen molar-refractivity contribution in [2.45, 2.75) is 6.92 Å². The molecule has 0 unspecified atom stereocenters. The molecule has 7 heteroatoms. The van der Waals surface area contributed by atoms with Crippen LogP contribution in [0.5, 0.6) is 0 Å². The predicted octanol–water partition coefficient (Wildman–Crippen LogP) is 1.77. The second kappa shape index (κ2) is 4.02. The summed E-state index contributed by atoms with van der Waals surface area (Å²) >= 11 is 0. The van der Waals surface area contributed by atoms with E-state index in [1.165, 1.54) is 0 Å². The van der Waals surface area contributed by atoms with Crippen LogP contribution in [0.3, 0.4) is 0 Å². The summed E-state index contributed by atoms with van der Waals surface area (Å²) in [5.41, 5.74) is 2.67. The summed E-state index contributed by atoms with van der Waals surface area (Å²) in [5.74, 6) is 1.31. The molecular weight excluding hydrogens is 230 g/mol. The summed E-state index contributed by atoms with van der Waals surface area (Å²) in [7, 11) is 1.84. The Balaban J connectivity index is 2.07. The van der Waals surface area contributed by atoms with Gasteiger partial charge in [-0.1, -0.05) is 0 Å². The van der Waals surface area contributed by atoms with Gasteiger partial charge in [0.1, 0.15) is 11.5 Å². The molecule has 0 fully saturated rings. The molecule has 0 saturated heterocycles. The Labute approximate surface area is 103 Å². The van der Waals surface area contributed by atoms with E-state index < -0.39 is 0 Å². The van der Waals surface area contributed by atoms with Gasteiger partial charge in [0, 0.05) is 18.9 Å². The standard InChI is InChI=1S/C11H13N7/c1-6-3-8-9(12-2)17-11(18-10(8)15-6)16-7-4-13-14-5-7/h3-5H,1-2H3,(H,13,14)(H3,12,15,16,17,18). The quantitative estimate of drug-likeness (QED) is 0.562.